The smallest absolute Gasteiger partial charge is 0.173 e. The molecular formula is C19H20IN3OS. The standard InChI is InChI=1S/C19H20IN3OS/c1-5-22-17-12-18(25-20)24-19(17)16(14(2)13-23(4)21-3)11-15-9-7-6-8-10-15/h5-13H,3H2,1-2,4H3/b14-13+,16-11+,22-5?. The van der Waals surface area contributed by atoms with Crippen molar-refractivity contribution in [1.29, 1.82) is 0 Å². The zero-order valence-corrected chi connectivity index (χ0v) is 17.4. The second-order valence-corrected chi connectivity index (χ2v) is 7.12. The van der Waals surface area contributed by atoms with Gasteiger partial charge in [-0.05, 0) is 40.0 Å². The summed E-state index contributed by atoms with van der Waals surface area (Å²) in [6.45, 7) is 7.47. The van der Waals surface area contributed by atoms with Crippen LogP contribution in [0.4, 0.5) is 5.69 Å². The third-order valence-electron chi connectivity index (χ3n) is 3.42. The van der Waals surface area contributed by atoms with E-state index in [4.69, 9.17) is 4.42 Å². The summed E-state index contributed by atoms with van der Waals surface area (Å²) in [5.41, 5.74) is 3.86. The number of rotatable bonds is 7. The van der Waals surface area contributed by atoms with Crippen LogP contribution in [-0.2, 0) is 0 Å². The summed E-state index contributed by atoms with van der Waals surface area (Å²) in [6.07, 6.45) is 5.78. The molecule has 0 aliphatic rings. The Morgan fingerprint density at radius 1 is 1.32 bits per heavy atom. The fourth-order valence-electron chi connectivity index (χ4n) is 2.29. The van der Waals surface area contributed by atoms with Crippen molar-refractivity contribution in [1.82, 2.24) is 5.01 Å². The molecule has 0 N–H and O–H groups in total. The van der Waals surface area contributed by atoms with Crippen molar-refractivity contribution in [2.75, 3.05) is 7.05 Å². The van der Waals surface area contributed by atoms with Crippen LogP contribution in [0.5, 0.6) is 0 Å². The van der Waals surface area contributed by atoms with E-state index in [9.17, 15) is 0 Å². The zero-order chi connectivity index (χ0) is 18.2. The van der Waals surface area contributed by atoms with E-state index in [2.05, 4.69) is 56.2 Å². The Hall–Kier alpha value is -1.80. The highest BCUT2D eigenvalue weighted by Crippen LogP contribution is 2.40. The molecule has 0 bridgehead atoms. The van der Waals surface area contributed by atoms with Crippen molar-refractivity contribution in [3.8, 4) is 0 Å². The topological polar surface area (TPSA) is 41.1 Å². The third-order valence-corrected chi connectivity index (χ3v) is 5.07. The molecule has 0 fully saturated rings. The second kappa shape index (κ2) is 9.62. The van der Waals surface area contributed by atoms with Gasteiger partial charge in [-0.25, -0.2) is 0 Å². The number of allylic oxidation sites excluding steroid dienone is 2. The summed E-state index contributed by atoms with van der Waals surface area (Å²) < 4.78 is 6.06. The fraction of sp³-hybridized carbons (Fsp3) is 0.158. The lowest BCUT2D eigenvalue weighted by Crippen LogP contribution is -2.01. The fourth-order valence-corrected chi connectivity index (χ4v) is 3.21. The SMILES string of the molecule is C=NN(C)/C=C(C)/C(=C\c1ccccc1)c1oc(SI)cc1N=CC. The molecule has 0 aliphatic heterocycles. The van der Waals surface area contributed by atoms with Crippen LogP contribution in [0.1, 0.15) is 25.2 Å². The number of furan rings is 1. The molecule has 4 nitrogen and oxygen atoms in total. The van der Waals surface area contributed by atoms with Gasteiger partial charge in [0.2, 0.25) is 0 Å². The molecule has 25 heavy (non-hydrogen) atoms. The Morgan fingerprint density at radius 2 is 2.04 bits per heavy atom. The maximum atomic E-state index is 6.06. The number of hydrogen-bond acceptors (Lipinski definition) is 5. The monoisotopic (exact) mass is 465 g/mol. The second-order valence-electron chi connectivity index (χ2n) is 5.24. The molecule has 1 aromatic heterocycles. The van der Waals surface area contributed by atoms with Gasteiger partial charge in [-0.3, -0.25) is 10.0 Å². The molecule has 0 amide bonds. The van der Waals surface area contributed by atoms with Gasteiger partial charge in [-0.1, -0.05) is 30.3 Å². The normalized spacial score (nSPS) is 12.6. The minimum Gasteiger partial charge on any atom is -0.447 e. The number of hydrazone groups is 1. The highest BCUT2D eigenvalue weighted by atomic mass is 127. The predicted octanol–water partition coefficient (Wildman–Crippen LogP) is 6.44. The number of nitrogens with zero attached hydrogens (tertiary/aromatic N) is 3. The molecule has 6 heteroatoms. The van der Waals surface area contributed by atoms with Crippen LogP contribution in [0.15, 0.2) is 67.8 Å². The molecule has 0 unspecified atom stereocenters. The van der Waals surface area contributed by atoms with Gasteiger partial charge < -0.3 is 4.42 Å². The maximum Gasteiger partial charge on any atom is 0.173 e. The van der Waals surface area contributed by atoms with E-state index in [-0.39, 0.29) is 0 Å². The first-order valence-electron chi connectivity index (χ1n) is 7.65. The quantitative estimate of drug-likeness (QED) is 0.205. The van der Waals surface area contributed by atoms with Gasteiger partial charge in [-0.15, -0.1) is 0 Å². The Bertz CT molecular complexity index is 809. The molecule has 1 aromatic carbocycles. The summed E-state index contributed by atoms with van der Waals surface area (Å²) in [4.78, 5) is 4.47. The summed E-state index contributed by atoms with van der Waals surface area (Å²) in [7, 11) is 3.37. The average molecular weight is 465 g/mol. The molecule has 0 aliphatic carbocycles. The zero-order valence-electron chi connectivity index (χ0n) is 14.4. The van der Waals surface area contributed by atoms with Crippen molar-refractivity contribution < 1.29 is 4.42 Å². The van der Waals surface area contributed by atoms with E-state index in [1.54, 1.807) is 11.2 Å². The van der Waals surface area contributed by atoms with E-state index in [1.807, 2.05) is 51.4 Å². The molecular weight excluding hydrogens is 445 g/mol. The van der Waals surface area contributed by atoms with E-state index in [0.29, 0.717) is 0 Å². The van der Waals surface area contributed by atoms with Crippen LogP contribution >= 0.6 is 30.1 Å². The van der Waals surface area contributed by atoms with Crippen LogP contribution in [0.3, 0.4) is 0 Å². The first-order valence-corrected chi connectivity index (χ1v) is 11.0. The van der Waals surface area contributed by atoms with Gasteiger partial charge >= 0.3 is 0 Å². The first kappa shape index (κ1) is 19.5. The molecule has 1 heterocycles. The van der Waals surface area contributed by atoms with Crippen LogP contribution < -0.4 is 0 Å². The molecule has 0 saturated carbocycles. The number of aliphatic imine (C=N–C) groups is 1. The van der Waals surface area contributed by atoms with Gasteiger partial charge in [0.05, 0.1) is 0 Å². The van der Waals surface area contributed by atoms with E-state index < -0.39 is 0 Å². The molecule has 0 saturated heterocycles. The van der Waals surface area contributed by atoms with Crippen molar-refractivity contribution in [2.24, 2.45) is 10.1 Å². The van der Waals surface area contributed by atoms with Gasteiger partial charge in [-0.2, -0.15) is 5.10 Å². The lowest BCUT2D eigenvalue weighted by Gasteiger charge is -2.11. The van der Waals surface area contributed by atoms with E-state index in [0.717, 1.165) is 33.2 Å². The summed E-state index contributed by atoms with van der Waals surface area (Å²) in [5.74, 6) is 0.743. The largest absolute Gasteiger partial charge is 0.447 e. The number of hydrogen-bond donors (Lipinski definition) is 0. The van der Waals surface area contributed by atoms with E-state index >= 15 is 0 Å². The summed E-state index contributed by atoms with van der Waals surface area (Å²) >= 11 is 2.21. The van der Waals surface area contributed by atoms with Gasteiger partial charge in [0.15, 0.2) is 10.9 Å². The predicted molar refractivity (Wildman–Crippen MR) is 118 cm³/mol. The van der Waals surface area contributed by atoms with Crippen LogP contribution in [0, 0.1) is 0 Å². The molecule has 2 rings (SSSR count). The highest BCUT2D eigenvalue weighted by Gasteiger charge is 2.17. The Balaban J connectivity index is 2.63. The van der Waals surface area contributed by atoms with Crippen molar-refractivity contribution in [3.63, 3.8) is 0 Å². The minimum atomic E-state index is 0.743. The maximum absolute atomic E-state index is 6.06. The molecule has 130 valence electrons. The molecule has 0 radical (unpaired) electrons. The lowest BCUT2D eigenvalue weighted by atomic mass is 10.0. The number of halogens is 1. The van der Waals surface area contributed by atoms with Crippen molar-refractivity contribution >= 4 is 60.4 Å². The van der Waals surface area contributed by atoms with E-state index in [1.165, 1.54) is 8.93 Å². The number of benzene rings is 1. The van der Waals surface area contributed by atoms with Gasteiger partial charge in [0.1, 0.15) is 5.69 Å². The summed E-state index contributed by atoms with van der Waals surface area (Å²) in [6, 6.07) is 12.1. The third kappa shape index (κ3) is 5.34. The molecule has 0 atom stereocenters. The molecule has 2 aromatic rings. The average Bonchev–Trinajstić information content (AvgIpc) is 3.03. The van der Waals surface area contributed by atoms with Crippen molar-refractivity contribution in [2.45, 2.75) is 18.9 Å². The Kier molecular flexibility index (Phi) is 7.52. The first-order chi connectivity index (χ1) is 12.1. The Labute approximate surface area is 165 Å². The van der Waals surface area contributed by atoms with Crippen LogP contribution in [0.25, 0.3) is 11.6 Å². The van der Waals surface area contributed by atoms with Crippen LogP contribution in [-0.4, -0.2) is 25.0 Å². The van der Waals surface area contributed by atoms with Gasteiger partial charge in [0.25, 0.3) is 0 Å². The van der Waals surface area contributed by atoms with Crippen LogP contribution in [0.2, 0.25) is 0 Å². The highest BCUT2D eigenvalue weighted by molar-refractivity contribution is 14.2. The lowest BCUT2D eigenvalue weighted by molar-refractivity contribution is 0.465. The minimum absolute atomic E-state index is 0.743. The van der Waals surface area contributed by atoms with Gasteiger partial charge in [0, 0.05) is 59.0 Å². The van der Waals surface area contributed by atoms with Crippen molar-refractivity contribution in [3.05, 3.63) is 59.5 Å². The molecule has 0 spiro atoms. The Morgan fingerprint density at radius 3 is 2.64 bits per heavy atom. The summed E-state index contributed by atoms with van der Waals surface area (Å²) in [5, 5.41) is 6.40.